The maximum atomic E-state index is 4.73. The fourth-order valence-corrected chi connectivity index (χ4v) is 0.582. The van der Waals surface area contributed by atoms with Crippen molar-refractivity contribution in [3.63, 3.8) is 0 Å². The molecule has 0 aromatic carbocycles. The van der Waals surface area contributed by atoms with E-state index in [2.05, 4.69) is 17.4 Å². The number of aromatic nitrogens is 1. The van der Waals surface area contributed by atoms with Crippen molar-refractivity contribution in [2.24, 2.45) is 0 Å². The lowest BCUT2D eigenvalue weighted by Crippen LogP contribution is -1.50. The average Bonchev–Trinajstić information content (AvgIpc) is 1.87. The fraction of sp³-hybridized carbons (Fsp3) is 0.250. The molecule has 0 radical (unpaired) electrons. The van der Waals surface area contributed by atoms with Gasteiger partial charge in [-0.1, -0.05) is 12.2 Å². The van der Waals surface area contributed by atoms with E-state index < -0.39 is 0 Å². The van der Waals surface area contributed by atoms with Crippen molar-refractivity contribution in [1.82, 2.24) is 5.16 Å². The molecule has 0 amide bonds. The van der Waals surface area contributed by atoms with E-state index in [1.54, 1.807) is 6.07 Å². The third kappa shape index (κ3) is 0.899. The Hall–Kier alpha value is -0.570. The van der Waals surface area contributed by atoms with Gasteiger partial charge in [-0.15, -0.1) is 0 Å². The van der Waals surface area contributed by atoms with Crippen molar-refractivity contribution in [1.29, 1.82) is 0 Å². The van der Waals surface area contributed by atoms with Crippen LogP contribution in [0.2, 0.25) is 0 Å². The van der Waals surface area contributed by atoms with Crippen molar-refractivity contribution in [3.05, 3.63) is 16.5 Å². The van der Waals surface area contributed by atoms with Gasteiger partial charge in [0.1, 0.15) is 10.4 Å². The van der Waals surface area contributed by atoms with Gasteiger partial charge in [0.15, 0.2) is 0 Å². The normalized spacial score (nSPS) is 9.29. The molecule has 0 saturated heterocycles. The Morgan fingerprint density at radius 2 is 2.57 bits per heavy atom. The maximum absolute atomic E-state index is 4.73. The minimum absolute atomic E-state index is 0.650. The minimum Gasteiger partial charge on any atom is -0.386 e. The molecule has 0 unspecified atom stereocenters. The van der Waals surface area contributed by atoms with Crippen molar-refractivity contribution in [2.45, 2.75) is 6.92 Å². The number of hydrogen-bond donors (Lipinski definition) is 1. The van der Waals surface area contributed by atoms with E-state index >= 15 is 0 Å². The molecule has 38 valence electrons. The summed E-state index contributed by atoms with van der Waals surface area (Å²) in [6.07, 6.45) is 0. The molecule has 0 aliphatic rings. The van der Waals surface area contributed by atoms with Crippen LogP contribution in [0.4, 0.5) is 0 Å². The summed E-state index contributed by atoms with van der Waals surface area (Å²) in [4.78, 5) is 0. The van der Waals surface area contributed by atoms with Crippen LogP contribution in [0.25, 0.3) is 0 Å². The van der Waals surface area contributed by atoms with Crippen LogP contribution in [-0.2, 0) is 0 Å². The summed E-state index contributed by atoms with van der Waals surface area (Å²) in [6.45, 7) is 1.84. The summed E-state index contributed by atoms with van der Waals surface area (Å²) in [6, 6.07) is 1.76. The molecule has 1 N–H and O–H groups in total. The summed E-state index contributed by atoms with van der Waals surface area (Å²) in [5.74, 6) is 0.824. The first-order valence-corrected chi connectivity index (χ1v) is 2.35. The molecule has 0 aliphatic carbocycles. The molecule has 7 heavy (non-hydrogen) atoms. The van der Waals surface area contributed by atoms with Gasteiger partial charge in [0.05, 0.1) is 0 Å². The van der Waals surface area contributed by atoms with E-state index in [0.29, 0.717) is 4.64 Å². The Kier molecular flexibility index (Phi) is 0.982. The van der Waals surface area contributed by atoms with Crippen molar-refractivity contribution >= 4 is 12.2 Å². The molecule has 1 aromatic heterocycles. The predicted molar refractivity (Wildman–Crippen MR) is 28.6 cm³/mol. The average molecular weight is 115 g/mol. The lowest BCUT2D eigenvalue weighted by Gasteiger charge is -1.67. The molecular weight excluding hydrogens is 110 g/mol. The smallest absolute Gasteiger partial charge is 0.138 e. The summed E-state index contributed by atoms with van der Waals surface area (Å²) in [5, 5.41) is 2.51. The van der Waals surface area contributed by atoms with E-state index in [1.807, 2.05) is 6.92 Å². The Bertz CT molecular complexity index is 199. The first-order chi connectivity index (χ1) is 3.29. The molecule has 0 fully saturated rings. The summed E-state index contributed by atoms with van der Waals surface area (Å²) >= 11 is 4.68. The van der Waals surface area contributed by atoms with Crippen LogP contribution in [0.1, 0.15) is 5.76 Å². The first kappa shape index (κ1) is 4.59. The zero-order chi connectivity index (χ0) is 5.28. The Labute approximate surface area is 46.1 Å². The number of hydrogen-bond acceptors (Lipinski definition) is 2. The number of rotatable bonds is 0. The second-order valence-electron chi connectivity index (χ2n) is 1.32. The topological polar surface area (TPSA) is 28.9 Å². The molecule has 0 atom stereocenters. The predicted octanol–water partition coefficient (Wildman–Crippen LogP) is 1.65. The third-order valence-corrected chi connectivity index (χ3v) is 0.848. The summed E-state index contributed by atoms with van der Waals surface area (Å²) < 4.78 is 5.39. The van der Waals surface area contributed by atoms with Gasteiger partial charge in [0, 0.05) is 6.07 Å². The SMILES string of the molecule is Cc1cc(=S)[nH]o1. The van der Waals surface area contributed by atoms with Gasteiger partial charge in [-0.05, 0) is 6.92 Å². The van der Waals surface area contributed by atoms with Gasteiger partial charge in [0.25, 0.3) is 0 Å². The van der Waals surface area contributed by atoms with Gasteiger partial charge in [0.2, 0.25) is 0 Å². The summed E-state index contributed by atoms with van der Waals surface area (Å²) in [7, 11) is 0. The highest BCUT2D eigenvalue weighted by Crippen LogP contribution is 1.93. The van der Waals surface area contributed by atoms with Gasteiger partial charge in [-0.3, -0.25) is 0 Å². The van der Waals surface area contributed by atoms with Crippen molar-refractivity contribution < 1.29 is 4.52 Å². The van der Waals surface area contributed by atoms with Crippen LogP contribution >= 0.6 is 12.2 Å². The summed E-state index contributed by atoms with van der Waals surface area (Å²) in [5.41, 5.74) is 0. The number of H-pyrrole nitrogens is 1. The van der Waals surface area contributed by atoms with Gasteiger partial charge in [-0.25, -0.2) is 5.16 Å². The molecule has 1 aromatic rings. The van der Waals surface area contributed by atoms with E-state index in [-0.39, 0.29) is 0 Å². The molecule has 0 aliphatic heterocycles. The van der Waals surface area contributed by atoms with Crippen LogP contribution in [-0.4, -0.2) is 5.16 Å². The van der Waals surface area contributed by atoms with Crippen LogP contribution in [0.3, 0.4) is 0 Å². The van der Waals surface area contributed by atoms with E-state index in [0.717, 1.165) is 5.76 Å². The highest BCUT2D eigenvalue weighted by Gasteiger charge is 1.82. The standard InChI is InChI=1S/C4H5NOS/c1-3-2-4(7)5-6-3/h2H,1H3,(H,5,7). The van der Waals surface area contributed by atoms with Gasteiger partial charge < -0.3 is 4.52 Å². The van der Waals surface area contributed by atoms with E-state index in [1.165, 1.54) is 0 Å². The Morgan fingerprint density at radius 3 is 2.71 bits per heavy atom. The van der Waals surface area contributed by atoms with Crippen LogP contribution < -0.4 is 0 Å². The second kappa shape index (κ2) is 1.50. The molecular formula is C4H5NOS. The Balaban J connectivity index is 3.30. The van der Waals surface area contributed by atoms with E-state index in [9.17, 15) is 0 Å². The number of nitrogens with one attached hydrogen (secondary N) is 1. The number of aryl methyl sites for hydroxylation is 1. The zero-order valence-electron chi connectivity index (χ0n) is 3.89. The first-order valence-electron chi connectivity index (χ1n) is 1.94. The highest BCUT2D eigenvalue weighted by molar-refractivity contribution is 7.71. The van der Waals surface area contributed by atoms with Gasteiger partial charge >= 0.3 is 0 Å². The molecule has 2 nitrogen and oxygen atoms in total. The monoisotopic (exact) mass is 115 g/mol. The second-order valence-corrected chi connectivity index (χ2v) is 1.76. The lowest BCUT2D eigenvalue weighted by atomic mass is 10.5. The lowest BCUT2D eigenvalue weighted by molar-refractivity contribution is 0.395. The molecule has 0 saturated carbocycles. The molecule has 0 bridgehead atoms. The maximum Gasteiger partial charge on any atom is 0.138 e. The van der Waals surface area contributed by atoms with Crippen LogP contribution in [0.15, 0.2) is 10.6 Å². The quantitative estimate of drug-likeness (QED) is 0.521. The molecule has 0 spiro atoms. The van der Waals surface area contributed by atoms with Crippen LogP contribution in [0.5, 0.6) is 0 Å². The molecule has 1 rings (SSSR count). The zero-order valence-corrected chi connectivity index (χ0v) is 4.71. The minimum atomic E-state index is 0.650. The third-order valence-electron chi connectivity index (χ3n) is 0.647. The van der Waals surface area contributed by atoms with E-state index in [4.69, 9.17) is 4.52 Å². The van der Waals surface area contributed by atoms with Crippen molar-refractivity contribution in [3.8, 4) is 0 Å². The van der Waals surface area contributed by atoms with Crippen LogP contribution in [0, 0.1) is 11.6 Å². The number of aromatic amines is 1. The Morgan fingerprint density at radius 1 is 1.86 bits per heavy atom. The van der Waals surface area contributed by atoms with Gasteiger partial charge in [-0.2, -0.15) is 0 Å². The largest absolute Gasteiger partial charge is 0.386 e. The molecule has 3 heteroatoms. The fourth-order valence-electron chi connectivity index (χ4n) is 0.374. The highest BCUT2D eigenvalue weighted by atomic mass is 32.1. The van der Waals surface area contributed by atoms with Crippen molar-refractivity contribution in [2.75, 3.05) is 0 Å². The molecule has 1 heterocycles.